The summed E-state index contributed by atoms with van der Waals surface area (Å²) in [5.41, 5.74) is -0.0259. The lowest BCUT2D eigenvalue weighted by Gasteiger charge is -2.43. The molecule has 1 aliphatic heterocycles. The Hall–Kier alpha value is -4.29. The van der Waals surface area contributed by atoms with Crippen LogP contribution in [0.1, 0.15) is 54.7 Å². The Labute approximate surface area is 263 Å². The fraction of sp³-hybridized carbons (Fsp3) is 0.382. The van der Waals surface area contributed by atoms with Gasteiger partial charge in [0.2, 0.25) is 5.91 Å². The molecule has 4 atom stereocenters. The molecule has 0 aromatic heterocycles. The third-order valence-corrected chi connectivity index (χ3v) is 8.48. The van der Waals surface area contributed by atoms with Crippen LogP contribution < -0.4 is 16.0 Å². The minimum atomic E-state index is -1.54. The molecule has 0 radical (unpaired) electrons. The number of morpholine rings is 1. The Morgan fingerprint density at radius 2 is 1.76 bits per heavy atom. The molecule has 1 saturated heterocycles. The normalized spacial score (nSPS) is 21.0. The highest BCUT2D eigenvalue weighted by Crippen LogP contribution is 2.34. The van der Waals surface area contributed by atoms with Crippen LogP contribution in [0.25, 0.3) is 0 Å². The standard InChI is InChI=1S/C34H35F4N3O5/c1-45-33(44)41-31(30(20-7-9-22(35)10-8-20)21-14-23(36)16-24(37)15-21)32(43)40-29-6-2-5-28(38)27(29)12-11-26-18-39-19-34(46-26)13-3-4-25(42)17-34/h2,5-10,14-16,26,30-31,39H,3-4,11-13,17-19H2,1H3,(H,40,43)(H,41,44)/t26-,30+,31+,34?/m1/s1. The first-order valence-corrected chi connectivity index (χ1v) is 15.1. The molecule has 3 aromatic rings. The van der Waals surface area contributed by atoms with Crippen molar-refractivity contribution in [2.75, 3.05) is 25.5 Å². The average molecular weight is 642 g/mol. The Morgan fingerprint density at radius 1 is 1.02 bits per heavy atom. The van der Waals surface area contributed by atoms with Crippen LogP contribution in [0.5, 0.6) is 0 Å². The topological polar surface area (TPSA) is 106 Å². The van der Waals surface area contributed by atoms with Crippen molar-refractivity contribution in [2.45, 2.75) is 62.2 Å². The number of hydrogen-bond donors (Lipinski definition) is 3. The predicted molar refractivity (Wildman–Crippen MR) is 161 cm³/mol. The summed E-state index contributed by atoms with van der Waals surface area (Å²) in [4.78, 5) is 38.6. The smallest absolute Gasteiger partial charge is 0.407 e. The molecule has 244 valence electrons. The molecule has 1 heterocycles. The highest BCUT2D eigenvalue weighted by molar-refractivity contribution is 5.98. The van der Waals surface area contributed by atoms with Crippen LogP contribution in [0, 0.1) is 23.3 Å². The average Bonchev–Trinajstić information content (AvgIpc) is 3.00. The molecule has 8 nitrogen and oxygen atoms in total. The zero-order valence-corrected chi connectivity index (χ0v) is 25.2. The Kier molecular flexibility index (Phi) is 10.4. The van der Waals surface area contributed by atoms with Gasteiger partial charge in [0.25, 0.3) is 0 Å². The Bertz CT molecular complexity index is 1560. The van der Waals surface area contributed by atoms with Crippen LogP contribution >= 0.6 is 0 Å². The van der Waals surface area contributed by atoms with E-state index in [-0.39, 0.29) is 40.7 Å². The van der Waals surface area contributed by atoms with E-state index >= 15 is 4.39 Å². The first kappa shape index (κ1) is 33.1. The number of halogens is 4. The van der Waals surface area contributed by atoms with Gasteiger partial charge in [0.05, 0.1) is 18.8 Å². The molecular weight excluding hydrogens is 606 g/mol. The summed E-state index contributed by atoms with van der Waals surface area (Å²) < 4.78 is 69.0. The number of ketones is 1. The van der Waals surface area contributed by atoms with Gasteiger partial charge in [-0.25, -0.2) is 22.4 Å². The summed E-state index contributed by atoms with van der Waals surface area (Å²) in [6, 6.07) is 10.2. The maximum absolute atomic E-state index is 15.3. The number of benzene rings is 3. The first-order valence-electron chi connectivity index (χ1n) is 15.1. The third kappa shape index (κ3) is 7.91. The van der Waals surface area contributed by atoms with Crippen LogP contribution in [-0.2, 0) is 25.5 Å². The van der Waals surface area contributed by atoms with Gasteiger partial charge in [0, 0.05) is 49.2 Å². The largest absolute Gasteiger partial charge is 0.453 e. The van der Waals surface area contributed by atoms with E-state index < -0.39 is 52.8 Å². The van der Waals surface area contributed by atoms with E-state index in [0.717, 1.165) is 44.2 Å². The molecule has 0 bridgehead atoms. The number of methoxy groups -OCH3 is 1. The number of Topliss-reactive ketones (excluding diaryl/α,β-unsaturated/α-hetero) is 1. The molecule has 2 aliphatic rings. The van der Waals surface area contributed by atoms with E-state index in [1.54, 1.807) is 0 Å². The molecule has 1 aliphatic carbocycles. The molecular formula is C34H35F4N3O5. The van der Waals surface area contributed by atoms with Crippen LogP contribution in [0.4, 0.5) is 28.0 Å². The lowest BCUT2D eigenvalue weighted by atomic mass is 9.82. The van der Waals surface area contributed by atoms with Crippen LogP contribution in [-0.4, -0.2) is 55.7 Å². The van der Waals surface area contributed by atoms with E-state index in [1.165, 1.54) is 30.3 Å². The number of ether oxygens (including phenoxy) is 2. The molecule has 1 spiro atoms. The van der Waals surface area contributed by atoms with Crippen molar-refractivity contribution in [3.05, 3.63) is 101 Å². The fourth-order valence-electron chi connectivity index (χ4n) is 6.39. The third-order valence-electron chi connectivity index (χ3n) is 8.48. The number of carbonyl (C=O) groups excluding carboxylic acids is 3. The lowest BCUT2D eigenvalue weighted by molar-refractivity contribution is -0.151. The zero-order chi connectivity index (χ0) is 32.8. The molecule has 46 heavy (non-hydrogen) atoms. The van der Waals surface area contributed by atoms with Crippen molar-refractivity contribution < 1.29 is 41.4 Å². The van der Waals surface area contributed by atoms with Gasteiger partial charge >= 0.3 is 6.09 Å². The molecule has 3 aromatic carbocycles. The molecule has 2 amide bonds. The monoisotopic (exact) mass is 641 g/mol. The summed E-state index contributed by atoms with van der Waals surface area (Å²) in [7, 11) is 1.08. The summed E-state index contributed by atoms with van der Waals surface area (Å²) in [5, 5.41) is 8.45. The van der Waals surface area contributed by atoms with Gasteiger partial charge in [0.1, 0.15) is 35.1 Å². The van der Waals surface area contributed by atoms with Gasteiger partial charge in [-0.3, -0.25) is 9.59 Å². The summed E-state index contributed by atoms with van der Waals surface area (Å²) in [6.45, 7) is 1.08. The molecule has 5 rings (SSSR count). The van der Waals surface area contributed by atoms with Gasteiger partial charge in [-0.15, -0.1) is 0 Å². The van der Waals surface area contributed by atoms with Crippen molar-refractivity contribution in [1.29, 1.82) is 0 Å². The second-order valence-electron chi connectivity index (χ2n) is 11.8. The maximum Gasteiger partial charge on any atom is 0.407 e. The number of anilines is 1. The highest BCUT2D eigenvalue weighted by atomic mass is 19.1. The molecule has 3 N–H and O–H groups in total. The Morgan fingerprint density at radius 3 is 2.46 bits per heavy atom. The summed E-state index contributed by atoms with van der Waals surface area (Å²) >= 11 is 0. The van der Waals surface area contributed by atoms with Gasteiger partial charge in [-0.1, -0.05) is 18.2 Å². The predicted octanol–water partition coefficient (Wildman–Crippen LogP) is 5.54. The van der Waals surface area contributed by atoms with E-state index in [1.807, 2.05) is 0 Å². The number of rotatable bonds is 9. The Balaban J connectivity index is 1.42. The van der Waals surface area contributed by atoms with Crippen molar-refractivity contribution >= 4 is 23.5 Å². The van der Waals surface area contributed by atoms with Gasteiger partial charge in [0.15, 0.2) is 0 Å². The minimum absolute atomic E-state index is 0.0165. The molecule has 1 unspecified atom stereocenters. The quantitative estimate of drug-likeness (QED) is 0.265. The second-order valence-corrected chi connectivity index (χ2v) is 11.8. The SMILES string of the molecule is COC(=O)N[C@H](C(=O)Nc1cccc(F)c1CC[C@@H]1CNCC2(CCCC(=O)C2)O1)[C@@H](c1ccc(F)cc1)c1cc(F)cc(F)c1. The van der Waals surface area contributed by atoms with Crippen molar-refractivity contribution in [1.82, 2.24) is 10.6 Å². The lowest BCUT2D eigenvalue weighted by Crippen LogP contribution is -2.56. The van der Waals surface area contributed by atoms with Crippen molar-refractivity contribution in [3.63, 3.8) is 0 Å². The summed E-state index contributed by atoms with van der Waals surface area (Å²) in [5.74, 6) is -4.91. The van der Waals surface area contributed by atoms with Crippen molar-refractivity contribution in [2.24, 2.45) is 0 Å². The first-order chi connectivity index (χ1) is 22.1. The van der Waals surface area contributed by atoms with E-state index in [9.17, 15) is 27.6 Å². The van der Waals surface area contributed by atoms with Crippen LogP contribution in [0.15, 0.2) is 60.7 Å². The maximum atomic E-state index is 15.3. The van der Waals surface area contributed by atoms with E-state index in [0.29, 0.717) is 38.4 Å². The number of amides is 2. The fourth-order valence-corrected chi connectivity index (χ4v) is 6.39. The highest BCUT2D eigenvalue weighted by Gasteiger charge is 2.41. The molecule has 2 fully saturated rings. The number of hydrogen-bond acceptors (Lipinski definition) is 6. The van der Waals surface area contributed by atoms with Gasteiger partial charge < -0.3 is 25.4 Å². The number of carbonyl (C=O) groups is 3. The zero-order valence-electron chi connectivity index (χ0n) is 25.2. The molecule has 1 saturated carbocycles. The van der Waals surface area contributed by atoms with Gasteiger partial charge in [-0.05, 0) is 73.2 Å². The van der Waals surface area contributed by atoms with E-state index in [2.05, 4.69) is 16.0 Å². The minimum Gasteiger partial charge on any atom is -0.453 e. The summed E-state index contributed by atoms with van der Waals surface area (Å²) in [6.07, 6.45) is 1.61. The molecule has 12 heteroatoms. The van der Waals surface area contributed by atoms with Crippen LogP contribution in [0.2, 0.25) is 0 Å². The van der Waals surface area contributed by atoms with Crippen LogP contribution in [0.3, 0.4) is 0 Å². The van der Waals surface area contributed by atoms with E-state index in [4.69, 9.17) is 9.47 Å². The number of nitrogens with one attached hydrogen (secondary N) is 3. The van der Waals surface area contributed by atoms with Crippen molar-refractivity contribution in [3.8, 4) is 0 Å². The number of alkyl carbamates (subject to hydrolysis) is 1. The van der Waals surface area contributed by atoms with Gasteiger partial charge in [-0.2, -0.15) is 0 Å². The second kappa shape index (κ2) is 14.4.